The minimum atomic E-state index is 0.0380. The molecule has 0 saturated heterocycles. The van der Waals surface area contributed by atoms with Crippen molar-refractivity contribution in [2.75, 3.05) is 11.4 Å². The van der Waals surface area contributed by atoms with Crippen LogP contribution in [0.25, 0.3) is 0 Å². The number of hydrogen-bond acceptors (Lipinski definition) is 2. The van der Waals surface area contributed by atoms with Crippen LogP contribution < -0.4 is 4.90 Å². The molecule has 0 atom stereocenters. The predicted octanol–water partition coefficient (Wildman–Crippen LogP) is 2.67. The first-order chi connectivity index (χ1) is 7.63. The van der Waals surface area contributed by atoms with Crippen LogP contribution in [-0.2, 0) is 4.79 Å². The third-order valence-electron chi connectivity index (χ3n) is 2.72. The molecule has 1 amide bonds. The highest BCUT2D eigenvalue weighted by Gasteiger charge is 2.26. The topological polar surface area (TPSA) is 37.4 Å². The fourth-order valence-electron chi connectivity index (χ4n) is 1.89. The zero-order valence-corrected chi connectivity index (χ0v) is 9.75. The normalized spacial score (nSPS) is 14.9. The van der Waals surface area contributed by atoms with E-state index in [4.69, 9.17) is 11.6 Å². The second kappa shape index (κ2) is 4.26. The highest BCUT2D eigenvalue weighted by atomic mass is 35.5. The molecule has 2 rings (SSSR count). The summed E-state index contributed by atoms with van der Waals surface area (Å²) in [6.45, 7) is 2.29. The standard InChI is InChI=1S/C12H12ClNO2/c1-2-12(16)14-6-5-11(15)9-7-8(13)3-4-10(9)14/h3-4,7H,2,5-6H2,1H3. The Morgan fingerprint density at radius 1 is 1.50 bits per heavy atom. The Kier molecular flexibility index (Phi) is 2.97. The van der Waals surface area contributed by atoms with E-state index in [1.54, 1.807) is 23.1 Å². The molecule has 0 spiro atoms. The summed E-state index contributed by atoms with van der Waals surface area (Å²) in [7, 11) is 0. The molecule has 0 aromatic heterocycles. The Balaban J connectivity index is 2.48. The summed E-state index contributed by atoms with van der Waals surface area (Å²) in [5.41, 5.74) is 1.24. The van der Waals surface area contributed by atoms with Crippen molar-refractivity contribution in [1.29, 1.82) is 0 Å². The number of halogens is 1. The van der Waals surface area contributed by atoms with Gasteiger partial charge in [-0.3, -0.25) is 9.59 Å². The lowest BCUT2D eigenvalue weighted by molar-refractivity contribution is -0.118. The van der Waals surface area contributed by atoms with E-state index in [9.17, 15) is 9.59 Å². The van der Waals surface area contributed by atoms with Crippen molar-refractivity contribution in [2.45, 2.75) is 19.8 Å². The van der Waals surface area contributed by atoms with Crippen LogP contribution in [0.3, 0.4) is 0 Å². The lowest BCUT2D eigenvalue weighted by Crippen LogP contribution is -2.36. The van der Waals surface area contributed by atoms with Crippen molar-refractivity contribution in [2.24, 2.45) is 0 Å². The van der Waals surface area contributed by atoms with Crippen molar-refractivity contribution in [3.8, 4) is 0 Å². The number of rotatable bonds is 1. The first kappa shape index (κ1) is 11.1. The smallest absolute Gasteiger partial charge is 0.226 e. The number of fused-ring (bicyclic) bond motifs is 1. The van der Waals surface area contributed by atoms with Crippen LogP contribution in [0.4, 0.5) is 5.69 Å². The van der Waals surface area contributed by atoms with Gasteiger partial charge in [-0.15, -0.1) is 0 Å². The van der Waals surface area contributed by atoms with Gasteiger partial charge >= 0.3 is 0 Å². The molecule has 0 radical (unpaired) electrons. The van der Waals surface area contributed by atoms with Crippen LogP contribution in [0.15, 0.2) is 18.2 Å². The molecule has 0 saturated carbocycles. The van der Waals surface area contributed by atoms with E-state index in [1.807, 2.05) is 6.92 Å². The first-order valence-electron chi connectivity index (χ1n) is 5.26. The molecule has 0 aliphatic carbocycles. The Bertz CT molecular complexity index is 456. The quantitative estimate of drug-likeness (QED) is 0.753. The van der Waals surface area contributed by atoms with Crippen molar-refractivity contribution < 1.29 is 9.59 Å². The molecule has 0 unspecified atom stereocenters. The van der Waals surface area contributed by atoms with E-state index in [2.05, 4.69) is 0 Å². The molecule has 1 aromatic rings. The molecule has 1 aliphatic heterocycles. The average Bonchev–Trinajstić information content (AvgIpc) is 2.29. The molecule has 84 valence electrons. The molecule has 16 heavy (non-hydrogen) atoms. The molecule has 4 heteroatoms. The van der Waals surface area contributed by atoms with E-state index < -0.39 is 0 Å². The molecule has 0 fully saturated rings. The maximum atomic E-state index is 11.7. The molecule has 1 aromatic carbocycles. The van der Waals surface area contributed by atoms with Gasteiger partial charge in [0.1, 0.15) is 0 Å². The summed E-state index contributed by atoms with van der Waals surface area (Å²) in [4.78, 5) is 25.1. The van der Waals surface area contributed by atoms with Crippen LogP contribution >= 0.6 is 11.6 Å². The van der Waals surface area contributed by atoms with Gasteiger partial charge in [0.2, 0.25) is 5.91 Å². The summed E-state index contributed by atoms with van der Waals surface area (Å²) in [6.07, 6.45) is 0.815. The SMILES string of the molecule is CCC(=O)N1CCC(=O)c2cc(Cl)ccc21. The summed E-state index contributed by atoms with van der Waals surface area (Å²) in [5, 5.41) is 0.526. The number of benzene rings is 1. The molecule has 0 N–H and O–H groups in total. The van der Waals surface area contributed by atoms with Crippen LogP contribution in [-0.4, -0.2) is 18.2 Å². The summed E-state index contributed by atoms with van der Waals surface area (Å²) in [5.74, 6) is 0.0914. The van der Waals surface area contributed by atoms with Gasteiger partial charge in [0, 0.05) is 30.0 Å². The van der Waals surface area contributed by atoms with E-state index in [0.717, 1.165) is 0 Å². The number of Topliss-reactive ketones (excluding diaryl/α,β-unsaturated/α-hetero) is 1. The van der Waals surface area contributed by atoms with Gasteiger partial charge in [-0.2, -0.15) is 0 Å². The number of carbonyl (C=O) groups excluding carboxylic acids is 2. The highest BCUT2D eigenvalue weighted by molar-refractivity contribution is 6.31. The molecule has 1 heterocycles. The van der Waals surface area contributed by atoms with Crippen LogP contribution in [0.1, 0.15) is 30.1 Å². The van der Waals surface area contributed by atoms with Crippen molar-refractivity contribution in [1.82, 2.24) is 0 Å². The predicted molar refractivity (Wildman–Crippen MR) is 63.0 cm³/mol. The van der Waals surface area contributed by atoms with Gasteiger partial charge in [-0.25, -0.2) is 0 Å². The highest BCUT2D eigenvalue weighted by Crippen LogP contribution is 2.29. The molecular formula is C12H12ClNO2. The summed E-state index contributed by atoms with van der Waals surface area (Å²) < 4.78 is 0. The molecule has 3 nitrogen and oxygen atoms in total. The van der Waals surface area contributed by atoms with Gasteiger partial charge in [0.05, 0.1) is 5.69 Å². The van der Waals surface area contributed by atoms with Gasteiger partial charge in [0.25, 0.3) is 0 Å². The van der Waals surface area contributed by atoms with Gasteiger partial charge in [-0.05, 0) is 18.2 Å². The number of anilines is 1. The Morgan fingerprint density at radius 2 is 2.25 bits per heavy atom. The van der Waals surface area contributed by atoms with E-state index in [-0.39, 0.29) is 11.7 Å². The largest absolute Gasteiger partial charge is 0.311 e. The minimum absolute atomic E-state index is 0.0380. The van der Waals surface area contributed by atoms with Crippen molar-refractivity contribution in [3.63, 3.8) is 0 Å². The lowest BCUT2D eigenvalue weighted by Gasteiger charge is -2.28. The zero-order chi connectivity index (χ0) is 11.7. The maximum Gasteiger partial charge on any atom is 0.226 e. The number of ketones is 1. The third kappa shape index (κ3) is 1.83. The fraction of sp³-hybridized carbons (Fsp3) is 0.333. The lowest BCUT2D eigenvalue weighted by atomic mass is 10.00. The Hall–Kier alpha value is -1.35. The molecular weight excluding hydrogens is 226 g/mol. The van der Waals surface area contributed by atoms with Gasteiger partial charge < -0.3 is 4.90 Å². The zero-order valence-electron chi connectivity index (χ0n) is 9.00. The fourth-order valence-corrected chi connectivity index (χ4v) is 2.06. The Labute approximate surface area is 99.0 Å². The van der Waals surface area contributed by atoms with E-state index in [1.165, 1.54) is 0 Å². The summed E-state index contributed by atoms with van der Waals surface area (Å²) in [6, 6.07) is 5.07. The van der Waals surface area contributed by atoms with E-state index >= 15 is 0 Å². The van der Waals surface area contributed by atoms with Crippen LogP contribution in [0.5, 0.6) is 0 Å². The molecule has 0 bridgehead atoms. The minimum Gasteiger partial charge on any atom is -0.311 e. The van der Waals surface area contributed by atoms with Crippen LogP contribution in [0, 0.1) is 0 Å². The van der Waals surface area contributed by atoms with Crippen molar-refractivity contribution >= 4 is 29.0 Å². The number of hydrogen-bond donors (Lipinski definition) is 0. The maximum absolute atomic E-state index is 11.7. The number of amides is 1. The average molecular weight is 238 g/mol. The van der Waals surface area contributed by atoms with Gasteiger partial charge in [0.15, 0.2) is 5.78 Å². The van der Waals surface area contributed by atoms with Crippen molar-refractivity contribution in [3.05, 3.63) is 28.8 Å². The van der Waals surface area contributed by atoms with Gasteiger partial charge in [-0.1, -0.05) is 18.5 Å². The van der Waals surface area contributed by atoms with Crippen LogP contribution in [0.2, 0.25) is 5.02 Å². The second-order valence-electron chi connectivity index (χ2n) is 3.73. The first-order valence-corrected chi connectivity index (χ1v) is 5.64. The molecule has 1 aliphatic rings. The second-order valence-corrected chi connectivity index (χ2v) is 4.17. The van der Waals surface area contributed by atoms with E-state index in [0.29, 0.717) is 35.7 Å². The number of carbonyl (C=O) groups is 2. The number of nitrogens with zero attached hydrogens (tertiary/aromatic N) is 1. The summed E-state index contributed by atoms with van der Waals surface area (Å²) >= 11 is 5.85. The monoisotopic (exact) mass is 237 g/mol. The third-order valence-corrected chi connectivity index (χ3v) is 2.95. The Morgan fingerprint density at radius 3 is 2.94 bits per heavy atom.